The highest BCUT2D eigenvalue weighted by Gasteiger charge is 2.24. The smallest absolute Gasteiger partial charge is 0.191 e. The normalized spacial score (nSPS) is 17.8. The number of rotatable bonds is 9. The maximum absolute atomic E-state index is 5.93. The Bertz CT molecular complexity index is 697. The van der Waals surface area contributed by atoms with Crippen molar-refractivity contribution in [2.24, 2.45) is 10.9 Å². The number of halogens is 1. The Kier molecular flexibility index (Phi) is 11.9. The number of benzene rings is 1. The van der Waals surface area contributed by atoms with Crippen molar-refractivity contribution in [3.8, 4) is 11.5 Å². The molecule has 2 rings (SSSR count). The van der Waals surface area contributed by atoms with Crippen LogP contribution in [0.15, 0.2) is 23.2 Å². The molecule has 2 N–H and O–H groups in total. The molecule has 1 unspecified atom stereocenters. The molecule has 31 heavy (non-hydrogen) atoms. The van der Waals surface area contributed by atoms with E-state index in [0.717, 1.165) is 56.8 Å². The first-order valence-corrected chi connectivity index (χ1v) is 10.8. The van der Waals surface area contributed by atoms with Gasteiger partial charge in [0, 0.05) is 45.2 Å². The Morgan fingerprint density at radius 3 is 2.55 bits per heavy atom. The monoisotopic (exact) mass is 548 g/mol. The average Bonchev–Trinajstić information content (AvgIpc) is 2.73. The summed E-state index contributed by atoms with van der Waals surface area (Å²) in [5.74, 6) is 2.94. The van der Waals surface area contributed by atoms with Crippen LogP contribution in [0.5, 0.6) is 11.5 Å². The molecule has 178 valence electrons. The van der Waals surface area contributed by atoms with Crippen LogP contribution in [0.4, 0.5) is 0 Å². The van der Waals surface area contributed by atoms with Crippen LogP contribution in [-0.4, -0.2) is 77.6 Å². The molecule has 8 heteroatoms. The number of guanidine groups is 1. The van der Waals surface area contributed by atoms with Crippen LogP contribution in [0.25, 0.3) is 0 Å². The van der Waals surface area contributed by atoms with Gasteiger partial charge in [-0.15, -0.1) is 24.0 Å². The fourth-order valence-corrected chi connectivity index (χ4v) is 3.68. The largest absolute Gasteiger partial charge is 0.493 e. The molecule has 1 atom stereocenters. The predicted octanol–water partition coefficient (Wildman–Crippen LogP) is 3.12. The second kappa shape index (κ2) is 13.3. The zero-order valence-corrected chi connectivity index (χ0v) is 22.5. The predicted molar refractivity (Wildman–Crippen MR) is 138 cm³/mol. The summed E-state index contributed by atoms with van der Waals surface area (Å²) in [6.07, 6.45) is 0.176. The fourth-order valence-electron chi connectivity index (χ4n) is 3.68. The van der Waals surface area contributed by atoms with Crippen LogP contribution in [0.2, 0.25) is 0 Å². The van der Waals surface area contributed by atoms with Gasteiger partial charge >= 0.3 is 0 Å². The van der Waals surface area contributed by atoms with Crippen LogP contribution in [0, 0.1) is 5.92 Å². The molecule has 1 aliphatic rings. The third-order valence-corrected chi connectivity index (χ3v) is 5.43. The Labute approximate surface area is 205 Å². The summed E-state index contributed by atoms with van der Waals surface area (Å²) in [6, 6.07) is 6.07. The molecular weight excluding hydrogens is 507 g/mol. The first-order valence-electron chi connectivity index (χ1n) is 10.8. The minimum Gasteiger partial charge on any atom is -0.493 e. The molecule has 7 nitrogen and oxygen atoms in total. The first kappa shape index (κ1) is 27.8. The number of morpholine rings is 1. The van der Waals surface area contributed by atoms with Crippen molar-refractivity contribution in [2.75, 3.05) is 60.6 Å². The van der Waals surface area contributed by atoms with Crippen LogP contribution in [-0.2, 0) is 10.2 Å². The molecular formula is C23H41IN4O3. The van der Waals surface area contributed by atoms with Crippen molar-refractivity contribution in [3.05, 3.63) is 23.8 Å². The van der Waals surface area contributed by atoms with E-state index < -0.39 is 0 Å². The van der Waals surface area contributed by atoms with E-state index in [-0.39, 0.29) is 35.5 Å². The van der Waals surface area contributed by atoms with Crippen LogP contribution < -0.4 is 20.1 Å². The van der Waals surface area contributed by atoms with E-state index in [0.29, 0.717) is 5.92 Å². The maximum Gasteiger partial charge on any atom is 0.191 e. The number of methoxy groups -OCH3 is 2. The molecule has 0 amide bonds. The molecule has 1 fully saturated rings. The number of ether oxygens (including phenoxy) is 3. The minimum atomic E-state index is -0.118. The second-order valence-corrected chi connectivity index (χ2v) is 8.91. The van der Waals surface area contributed by atoms with Crippen molar-refractivity contribution in [3.63, 3.8) is 0 Å². The SMILES string of the molecule is CN=C(NCC1CN(CC(C)C)CCO1)NCC(C)(C)c1ccc(OC)c(OC)c1.I. The van der Waals surface area contributed by atoms with Gasteiger partial charge in [0.15, 0.2) is 17.5 Å². The van der Waals surface area contributed by atoms with E-state index in [2.05, 4.69) is 54.3 Å². The fraction of sp³-hybridized carbons (Fsp3) is 0.696. The van der Waals surface area contributed by atoms with Crippen molar-refractivity contribution in [1.29, 1.82) is 0 Å². The Morgan fingerprint density at radius 2 is 1.94 bits per heavy atom. The van der Waals surface area contributed by atoms with Crippen molar-refractivity contribution < 1.29 is 14.2 Å². The molecule has 0 aromatic heterocycles. The Morgan fingerprint density at radius 1 is 1.23 bits per heavy atom. The van der Waals surface area contributed by atoms with Gasteiger partial charge in [0.25, 0.3) is 0 Å². The number of nitrogens with zero attached hydrogens (tertiary/aromatic N) is 2. The second-order valence-electron chi connectivity index (χ2n) is 8.91. The zero-order chi connectivity index (χ0) is 22.1. The van der Waals surface area contributed by atoms with E-state index in [1.54, 1.807) is 21.3 Å². The molecule has 1 aliphatic heterocycles. The molecule has 1 aromatic carbocycles. The molecule has 1 saturated heterocycles. The molecule has 0 bridgehead atoms. The molecule has 0 radical (unpaired) electrons. The molecule has 1 heterocycles. The van der Waals surface area contributed by atoms with Gasteiger partial charge < -0.3 is 24.8 Å². The van der Waals surface area contributed by atoms with Gasteiger partial charge in [0.1, 0.15) is 0 Å². The van der Waals surface area contributed by atoms with Crippen LogP contribution >= 0.6 is 24.0 Å². The summed E-state index contributed by atoms with van der Waals surface area (Å²) in [7, 11) is 5.11. The lowest BCUT2D eigenvalue weighted by molar-refractivity contribution is -0.0284. The van der Waals surface area contributed by atoms with Gasteiger partial charge in [-0.05, 0) is 23.6 Å². The summed E-state index contributed by atoms with van der Waals surface area (Å²) in [5, 5.41) is 6.88. The Hall–Kier alpha value is -1.26. The van der Waals surface area contributed by atoms with Crippen molar-refractivity contribution in [2.45, 2.75) is 39.2 Å². The Balaban J connectivity index is 0.00000480. The lowest BCUT2D eigenvalue weighted by atomic mass is 9.84. The van der Waals surface area contributed by atoms with E-state index >= 15 is 0 Å². The van der Waals surface area contributed by atoms with Gasteiger partial charge in [0.05, 0.1) is 26.9 Å². The summed E-state index contributed by atoms with van der Waals surface area (Å²) < 4.78 is 16.7. The lowest BCUT2D eigenvalue weighted by Crippen LogP contribution is -2.51. The average molecular weight is 549 g/mol. The number of aliphatic imine (C=N–C) groups is 1. The van der Waals surface area contributed by atoms with Gasteiger partial charge in [0.2, 0.25) is 0 Å². The third kappa shape index (κ3) is 8.65. The molecule has 0 aliphatic carbocycles. The van der Waals surface area contributed by atoms with E-state index in [1.165, 1.54) is 5.56 Å². The standard InChI is InChI=1S/C23H40N4O3.HI/c1-17(2)14-27-10-11-30-19(15-27)13-25-22(24-5)26-16-23(3,4)18-8-9-20(28-6)21(12-18)29-7;/h8-9,12,17,19H,10-11,13-16H2,1-7H3,(H2,24,25,26);1H. The summed E-state index contributed by atoms with van der Waals surface area (Å²) >= 11 is 0. The first-order chi connectivity index (χ1) is 14.3. The highest BCUT2D eigenvalue weighted by molar-refractivity contribution is 14.0. The van der Waals surface area contributed by atoms with Gasteiger partial charge in [-0.1, -0.05) is 33.8 Å². The van der Waals surface area contributed by atoms with Crippen LogP contribution in [0.1, 0.15) is 33.3 Å². The number of nitrogens with one attached hydrogen (secondary N) is 2. The number of hydrogen-bond donors (Lipinski definition) is 2. The van der Waals surface area contributed by atoms with E-state index in [1.807, 2.05) is 12.1 Å². The highest BCUT2D eigenvalue weighted by atomic mass is 127. The summed E-state index contributed by atoms with van der Waals surface area (Å²) in [5.41, 5.74) is 1.05. The summed E-state index contributed by atoms with van der Waals surface area (Å²) in [6.45, 7) is 14.3. The van der Waals surface area contributed by atoms with Crippen LogP contribution in [0.3, 0.4) is 0 Å². The lowest BCUT2D eigenvalue weighted by Gasteiger charge is -2.34. The zero-order valence-electron chi connectivity index (χ0n) is 20.2. The van der Waals surface area contributed by atoms with Crippen molar-refractivity contribution in [1.82, 2.24) is 15.5 Å². The quantitative estimate of drug-likeness (QED) is 0.281. The maximum atomic E-state index is 5.93. The van der Waals surface area contributed by atoms with Crippen molar-refractivity contribution >= 4 is 29.9 Å². The molecule has 1 aromatic rings. The van der Waals surface area contributed by atoms with Gasteiger partial charge in [-0.25, -0.2) is 0 Å². The molecule has 0 spiro atoms. The van der Waals surface area contributed by atoms with Gasteiger partial charge in [-0.2, -0.15) is 0 Å². The third-order valence-electron chi connectivity index (χ3n) is 5.43. The topological polar surface area (TPSA) is 67.4 Å². The summed E-state index contributed by atoms with van der Waals surface area (Å²) in [4.78, 5) is 6.86. The van der Waals surface area contributed by atoms with E-state index in [9.17, 15) is 0 Å². The van der Waals surface area contributed by atoms with Gasteiger partial charge in [-0.3, -0.25) is 9.89 Å². The number of hydrogen-bond acceptors (Lipinski definition) is 5. The minimum absolute atomic E-state index is 0. The van der Waals surface area contributed by atoms with E-state index in [4.69, 9.17) is 14.2 Å². The highest BCUT2D eigenvalue weighted by Crippen LogP contribution is 2.32. The molecule has 0 saturated carbocycles.